The van der Waals surface area contributed by atoms with Crippen molar-refractivity contribution in [3.05, 3.63) is 113 Å². The average molecular weight is 945 g/mol. The van der Waals surface area contributed by atoms with Crippen LogP contribution >= 0.6 is 0 Å². The predicted octanol–water partition coefficient (Wildman–Crippen LogP) is 14.4. The van der Waals surface area contributed by atoms with Gasteiger partial charge in [0.15, 0.2) is 5.78 Å². The van der Waals surface area contributed by atoms with Crippen LogP contribution in [0.15, 0.2) is 78.7 Å². The van der Waals surface area contributed by atoms with E-state index in [1.165, 1.54) is 30.9 Å². The second-order valence-electron chi connectivity index (χ2n) is 17.3. The zero-order valence-electron chi connectivity index (χ0n) is 35.4. The molecule has 0 saturated heterocycles. The van der Waals surface area contributed by atoms with Gasteiger partial charge in [0.05, 0.1) is 5.41 Å². The maximum Gasteiger partial charge on any atom is 0.394 e. The molecule has 1 aliphatic rings. The van der Waals surface area contributed by atoms with Gasteiger partial charge in [-0.1, -0.05) is 143 Å². The van der Waals surface area contributed by atoms with E-state index in [4.69, 9.17) is 4.98 Å². The molecule has 1 radical (unpaired) electrons. The van der Waals surface area contributed by atoms with Crippen LogP contribution in [0.3, 0.4) is 0 Å². The van der Waals surface area contributed by atoms with Crippen molar-refractivity contribution in [1.29, 1.82) is 0 Å². The number of allylic oxidation sites excluding steroid dienone is 3. The summed E-state index contributed by atoms with van der Waals surface area (Å²) in [4.78, 5) is 17.0. The van der Waals surface area contributed by atoms with Crippen LogP contribution in [0.4, 0.5) is 13.2 Å². The third kappa shape index (κ3) is 9.59. The minimum atomic E-state index is -4.25. The molecule has 1 N–H and O–H groups in total. The number of carbonyl (C=O) groups excluding carboxylic acids is 1. The molecule has 7 heteroatoms. The van der Waals surface area contributed by atoms with E-state index in [1.807, 2.05) is 84.1 Å². The maximum absolute atomic E-state index is 13.4. The number of pyridine rings is 1. The van der Waals surface area contributed by atoms with Crippen LogP contribution in [0.1, 0.15) is 143 Å². The molecule has 3 nitrogen and oxygen atoms in total. The fourth-order valence-electron chi connectivity index (χ4n) is 7.33. The first-order valence-electron chi connectivity index (χ1n) is 19.9. The number of ketones is 1. The fourth-order valence-corrected chi connectivity index (χ4v) is 7.33. The van der Waals surface area contributed by atoms with Crippen molar-refractivity contribution in [3.8, 4) is 11.3 Å². The Balaban J connectivity index is 0.000000398. The standard InChI is InChI=1S/C34H33F3N.C15H28O2.Ir/c1-21(2)28-18-26(17-24-9-7-8-10-27(24)28)31-30-25(15-16-38-31)19-29(33(30,5)6)23-13-11-22(12-14-23)20-32(3,4)34(35,36)37;1-7-14(5,8-2)12(16)11-13(17)15(6,9-3)10-4;/h7-16,18-19,21H,20H2,1-6H3;11,16H,7-10H2,1-6H3;/q-1;;/b;12-11-;. The van der Waals surface area contributed by atoms with Crippen LogP contribution in [0.25, 0.3) is 33.7 Å². The Morgan fingerprint density at radius 2 is 1.45 bits per heavy atom. The third-order valence-electron chi connectivity index (χ3n) is 12.5. The Hall–Kier alpha value is -3.54. The molecule has 0 bridgehead atoms. The molecule has 1 aliphatic carbocycles. The molecule has 0 saturated carbocycles. The van der Waals surface area contributed by atoms with E-state index in [2.05, 4.69) is 64.1 Å². The van der Waals surface area contributed by atoms with Gasteiger partial charge in [-0.25, -0.2) is 0 Å². The number of nitrogens with zero attached hydrogens (tertiary/aromatic N) is 1. The van der Waals surface area contributed by atoms with Crippen molar-refractivity contribution in [1.82, 2.24) is 4.98 Å². The molecule has 305 valence electrons. The number of aromatic nitrogens is 1. The molecule has 4 aromatic rings. The van der Waals surface area contributed by atoms with Gasteiger partial charge >= 0.3 is 6.18 Å². The molecular weight excluding hydrogens is 884 g/mol. The summed E-state index contributed by atoms with van der Waals surface area (Å²) in [6.07, 6.45) is 4.50. The summed E-state index contributed by atoms with van der Waals surface area (Å²) in [6, 6.07) is 23.8. The summed E-state index contributed by atoms with van der Waals surface area (Å²) in [5, 5.41) is 12.4. The van der Waals surface area contributed by atoms with Crippen LogP contribution < -0.4 is 0 Å². The first-order chi connectivity index (χ1) is 25.6. The molecule has 0 unspecified atom stereocenters. The van der Waals surface area contributed by atoms with E-state index in [1.54, 1.807) is 0 Å². The van der Waals surface area contributed by atoms with Crippen LogP contribution in [-0.2, 0) is 36.7 Å². The molecule has 0 amide bonds. The molecule has 5 rings (SSSR count). The van der Waals surface area contributed by atoms with E-state index in [0.717, 1.165) is 64.6 Å². The van der Waals surface area contributed by atoms with E-state index < -0.39 is 11.6 Å². The van der Waals surface area contributed by atoms with Crippen molar-refractivity contribution in [3.63, 3.8) is 0 Å². The second-order valence-corrected chi connectivity index (χ2v) is 17.3. The molecule has 0 fully saturated rings. The Morgan fingerprint density at radius 1 is 0.875 bits per heavy atom. The number of carbonyl (C=O) groups is 1. The van der Waals surface area contributed by atoms with E-state index in [-0.39, 0.29) is 54.3 Å². The van der Waals surface area contributed by atoms with E-state index in [9.17, 15) is 23.1 Å². The Bertz CT molecular complexity index is 2050. The SMILES string of the molecule is CC(C)c1cc(-c2nccc3c2C(C)(C)C(c2ccc(CC(C)(C)C(F)(F)F)cc2)=C3)[c-]c2ccccc12.CCC(C)(CC)C(=O)/C=C(\O)C(C)(CC)CC.[Ir]. The van der Waals surface area contributed by atoms with Gasteiger partial charge in [-0.2, -0.15) is 13.2 Å². The molecule has 0 spiro atoms. The number of hydrogen-bond donors (Lipinski definition) is 1. The summed E-state index contributed by atoms with van der Waals surface area (Å²) in [7, 11) is 0. The number of aliphatic hydroxyl groups is 1. The number of aliphatic hydroxyl groups excluding tert-OH is 1. The van der Waals surface area contributed by atoms with E-state index in [0.29, 0.717) is 11.5 Å². The first-order valence-corrected chi connectivity index (χ1v) is 19.9. The monoisotopic (exact) mass is 945 g/mol. The number of rotatable bonds is 12. The molecule has 0 atom stereocenters. The van der Waals surface area contributed by atoms with Gasteiger partial charge in [-0.15, -0.1) is 29.1 Å². The number of benzene rings is 3. The molecule has 56 heavy (non-hydrogen) atoms. The van der Waals surface area contributed by atoms with Crippen LogP contribution in [0.5, 0.6) is 0 Å². The van der Waals surface area contributed by atoms with Gasteiger partial charge in [-0.05, 0) is 71.9 Å². The second kappa shape index (κ2) is 17.9. The fraction of sp³-hybridized carbons (Fsp3) is 0.469. The summed E-state index contributed by atoms with van der Waals surface area (Å²) < 4.78 is 40.2. The molecule has 1 aromatic heterocycles. The van der Waals surface area contributed by atoms with Crippen LogP contribution in [-0.4, -0.2) is 22.1 Å². The van der Waals surface area contributed by atoms with Gasteiger partial charge < -0.3 is 5.11 Å². The average Bonchev–Trinajstić information content (AvgIpc) is 3.43. The van der Waals surface area contributed by atoms with Gasteiger partial charge in [0, 0.05) is 54.3 Å². The zero-order valence-corrected chi connectivity index (χ0v) is 37.8. The van der Waals surface area contributed by atoms with Gasteiger partial charge in [0.25, 0.3) is 0 Å². The number of hydrogen-bond acceptors (Lipinski definition) is 3. The number of alkyl halides is 3. The van der Waals surface area contributed by atoms with Crippen molar-refractivity contribution >= 4 is 28.2 Å². The minimum Gasteiger partial charge on any atom is -0.512 e. The number of halogens is 3. The summed E-state index contributed by atoms with van der Waals surface area (Å²) in [6.45, 7) is 23.4. The maximum atomic E-state index is 13.4. The smallest absolute Gasteiger partial charge is 0.394 e. The summed E-state index contributed by atoms with van der Waals surface area (Å²) >= 11 is 0. The van der Waals surface area contributed by atoms with Gasteiger partial charge in [0.2, 0.25) is 0 Å². The summed E-state index contributed by atoms with van der Waals surface area (Å²) in [5.74, 6) is 0.640. The quantitative estimate of drug-likeness (QED) is 0.0875. The predicted molar refractivity (Wildman–Crippen MR) is 224 cm³/mol. The van der Waals surface area contributed by atoms with Crippen molar-refractivity contribution < 1.29 is 43.2 Å². The van der Waals surface area contributed by atoms with Crippen molar-refractivity contribution in [2.75, 3.05) is 0 Å². The largest absolute Gasteiger partial charge is 0.512 e. The minimum absolute atomic E-state index is 0. The first kappa shape index (κ1) is 46.8. The zero-order chi connectivity index (χ0) is 41.1. The molecule has 1 heterocycles. The third-order valence-corrected chi connectivity index (χ3v) is 12.5. The van der Waals surface area contributed by atoms with E-state index >= 15 is 0 Å². The number of fused-ring (bicyclic) bond motifs is 2. The van der Waals surface area contributed by atoms with Crippen molar-refractivity contribution in [2.24, 2.45) is 16.2 Å². The van der Waals surface area contributed by atoms with Gasteiger partial charge in [0.1, 0.15) is 5.76 Å². The normalized spacial score (nSPS) is 14.5. The topological polar surface area (TPSA) is 50.2 Å². The Kier molecular flexibility index (Phi) is 15.0. The van der Waals surface area contributed by atoms with Crippen LogP contribution in [0, 0.1) is 22.3 Å². The molecular formula is C49H61F3IrNO2-. The van der Waals surface area contributed by atoms with Crippen molar-refractivity contribution in [2.45, 2.75) is 133 Å². The Morgan fingerprint density at radius 3 is 1.98 bits per heavy atom. The van der Waals surface area contributed by atoms with Gasteiger partial charge in [-0.3, -0.25) is 9.78 Å². The molecule has 0 aliphatic heterocycles. The van der Waals surface area contributed by atoms with Crippen LogP contribution in [0.2, 0.25) is 0 Å². The summed E-state index contributed by atoms with van der Waals surface area (Å²) in [5.41, 5.74) is 5.55. The molecule has 3 aromatic carbocycles. The Labute approximate surface area is 347 Å².